The molecule has 18 heavy (non-hydrogen) atoms. The van der Waals surface area contributed by atoms with Crippen LogP contribution in [-0.2, 0) is 6.54 Å². The highest BCUT2D eigenvalue weighted by molar-refractivity contribution is 5.07. The van der Waals surface area contributed by atoms with Crippen molar-refractivity contribution in [2.45, 2.75) is 45.7 Å². The fourth-order valence-electron chi connectivity index (χ4n) is 1.27. The molecule has 0 aliphatic heterocycles. The zero-order valence-corrected chi connectivity index (χ0v) is 11.6. The Morgan fingerprint density at radius 3 is 2.67 bits per heavy atom. The van der Waals surface area contributed by atoms with E-state index in [9.17, 15) is 0 Å². The van der Waals surface area contributed by atoms with Gasteiger partial charge < -0.3 is 10.1 Å². The van der Waals surface area contributed by atoms with Crippen LogP contribution in [0.5, 0.6) is 5.88 Å². The monoisotopic (exact) mass is 249 g/mol. The molecule has 4 heteroatoms. The number of unbranched alkanes of at least 4 members (excludes halogenated alkanes) is 1. The Hall–Kier alpha value is -1.42. The molecule has 100 valence electrons. The van der Waals surface area contributed by atoms with Crippen LogP contribution < -0.4 is 10.1 Å². The highest BCUT2D eigenvalue weighted by Gasteiger charge is 2.08. The Balaban J connectivity index is 2.35. The molecule has 1 aromatic heterocycles. The fraction of sp³-hybridized carbons (Fsp3) is 0.571. The Kier molecular flexibility index (Phi) is 5.78. The number of nitrogens with zero attached hydrogens (tertiary/aromatic N) is 2. The van der Waals surface area contributed by atoms with E-state index in [2.05, 4.69) is 42.6 Å². The molecule has 0 saturated heterocycles. The van der Waals surface area contributed by atoms with Gasteiger partial charge in [-0.3, -0.25) is 4.98 Å². The molecule has 1 rings (SSSR count). The van der Waals surface area contributed by atoms with E-state index >= 15 is 0 Å². The molecule has 0 aliphatic rings. The third kappa shape index (κ3) is 6.35. The van der Waals surface area contributed by atoms with Gasteiger partial charge in [-0.25, -0.2) is 4.98 Å². The van der Waals surface area contributed by atoms with E-state index in [0.29, 0.717) is 19.0 Å². The highest BCUT2D eigenvalue weighted by Crippen LogP contribution is 2.06. The number of nitrogens with one attached hydrogen (secondary N) is 1. The first-order chi connectivity index (χ1) is 8.51. The third-order valence-corrected chi connectivity index (χ3v) is 2.28. The number of aromatic nitrogens is 2. The van der Waals surface area contributed by atoms with Crippen molar-refractivity contribution in [3.05, 3.63) is 30.7 Å². The Bertz CT molecular complexity index is 354. The molecule has 0 aromatic carbocycles. The van der Waals surface area contributed by atoms with Crippen molar-refractivity contribution in [2.24, 2.45) is 0 Å². The zero-order valence-electron chi connectivity index (χ0n) is 11.6. The van der Waals surface area contributed by atoms with Crippen molar-refractivity contribution in [3.8, 4) is 5.88 Å². The first-order valence-corrected chi connectivity index (χ1v) is 6.31. The lowest BCUT2D eigenvalue weighted by Crippen LogP contribution is -2.35. The SMILES string of the molecule is C=CCCCOc1cnc(CNC(C)(C)C)cn1. The normalized spacial score (nSPS) is 11.3. The van der Waals surface area contributed by atoms with Gasteiger partial charge in [-0.2, -0.15) is 0 Å². The van der Waals surface area contributed by atoms with Gasteiger partial charge in [0.25, 0.3) is 0 Å². The molecule has 4 nitrogen and oxygen atoms in total. The summed E-state index contributed by atoms with van der Waals surface area (Å²) in [6, 6.07) is 0. The lowest BCUT2D eigenvalue weighted by molar-refractivity contribution is 0.298. The average molecular weight is 249 g/mol. The van der Waals surface area contributed by atoms with Crippen LogP contribution in [0, 0.1) is 0 Å². The summed E-state index contributed by atoms with van der Waals surface area (Å²) in [6.45, 7) is 11.4. The molecule has 0 fully saturated rings. The van der Waals surface area contributed by atoms with E-state index in [1.165, 1.54) is 0 Å². The maximum absolute atomic E-state index is 5.47. The quantitative estimate of drug-likeness (QED) is 0.596. The Labute approximate surface area is 109 Å². The number of allylic oxidation sites excluding steroid dienone is 1. The minimum atomic E-state index is 0.0849. The number of hydrogen-bond acceptors (Lipinski definition) is 4. The van der Waals surface area contributed by atoms with Crippen LogP contribution in [-0.4, -0.2) is 22.1 Å². The first-order valence-electron chi connectivity index (χ1n) is 6.31. The van der Waals surface area contributed by atoms with Gasteiger partial charge in [0.15, 0.2) is 0 Å². The molecule has 0 spiro atoms. The second kappa shape index (κ2) is 7.11. The molecular weight excluding hydrogens is 226 g/mol. The van der Waals surface area contributed by atoms with Crippen LogP contribution in [0.4, 0.5) is 0 Å². The van der Waals surface area contributed by atoms with Crippen LogP contribution in [0.3, 0.4) is 0 Å². The van der Waals surface area contributed by atoms with Crippen LogP contribution in [0.15, 0.2) is 25.0 Å². The third-order valence-electron chi connectivity index (χ3n) is 2.28. The van der Waals surface area contributed by atoms with Crippen LogP contribution in [0.2, 0.25) is 0 Å². The van der Waals surface area contributed by atoms with Crippen molar-refractivity contribution in [1.82, 2.24) is 15.3 Å². The lowest BCUT2D eigenvalue weighted by Gasteiger charge is -2.19. The molecule has 0 bridgehead atoms. The van der Waals surface area contributed by atoms with E-state index in [1.54, 1.807) is 12.4 Å². The number of ether oxygens (including phenoxy) is 1. The second-order valence-corrected chi connectivity index (χ2v) is 5.23. The molecule has 1 aromatic rings. The molecule has 0 unspecified atom stereocenters. The summed E-state index contributed by atoms with van der Waals surface area (Å²) < 4.78 is 5.47. The summed E-state index contributed by atoms with van der Waals surface area (Å²) in [5, 5.41) is 3.36. The maximum atomic E-state index is 5.47. The summed E-state index contributed by atoms with van der Waals surface area (Å²) in [5.74, 6) is 0.582. The van der Waals surface area contributed by atoms with Gasteiger partial charge in [0.05, 0.1) is 24.7 Å². The molecule has 1 heterocycles. The van der Waals surface area contributed by atoms with Crippen molar-refractivity contribution >= 4 is 0 Å². The number of rotatable bonds is 7. The zero-order chi connectivity index (χ0) is 13.4. The van der Waals surface area contributed by atoms with Gasteiger partial charge in [-0.15, -0.1) is 6.58 Å². The number of hydrogen-bond donors (Lipinski definition) is 1. The van der Waals surface area contributed by atoms with Gasteiger partial charge in [0, 0.05) is 12.1 Å². The predicted octanol–water partition coefficient (Wildman–Crippen LogP) is 2.71. The van der Waals surface area contributed by atoms with Crippen molar-refractivity contribution in [2.75, 3.05) is 6.61 Å². The van der Waals surface area contributed by atoms with E-state index in [0.717, 1.165) is 18.5 Å². The van der Waals surface area contributed by atoms with E-state index in [1.807, 2.05) is 6.08 Å². The summed E-state index contributed by atoms with van der Waals surface area (Å²) in [5.41, 5.74) is 1.00. The minimum Gasteiger partial charge on any atom is -0.477 e. The van der Waals surface area contributed by atoms with Crippen molar-refractivity contribution < 1.29 is 4.74 Å². The predicted molar refractivity (Wildman–Crippen MR) is 73.6 cm³/mol. The summed E-state index contributed by atoms with van der Waals surface area (Å²) in [4.78, 5) is 8.54. The van der Waals surface area contributed by atoms with Crippen molar-refractivity contribution in [3.63, 3.8) is 0 Å². The fourth-order valence-corrected chi connectivity index (χ4v) is 1.27. The van der Waals surface area contributed by atoms with Gasteiger partial charge in [-0.1, -0.05) is 6.08 Å². The largest absolute Gasteiger partial charge is 0.477 e. The lowest BCUT2D eigenvalue weighted by atomic mass is 10.1. The molecular formula is C14H23N3O. The summed E-state index contributed by atoms with van der Waals surface area (Å²) in [6.07, 6.45) is 7.23. The van der Waals surface area contributed by atoms with Gasteiger partial charge >= 0.3 is 0 Å². The van der Waals surface area contributed by atoms with Crippen LogP contribution in [0.1, 0.15) is 39.3 Å². The highest BCUT2D eigenvalue weighted by atomic mass is 16.5. The molecule has 0 atom stereocenters. The Morgan fingerprint density at radius 1 is 1.33 bits per heavy atom. The topological polar surface area (TPSA) is 47.0 Å². The van der Waals surface area contributed by atoms with E-state index in [4.69, 9.17) is 4.74 Å². The Morgan fingerprint density at radius 2 is 2.11 bits per heavy atom. The average Bonchev–Trinajstić information content (AvgIpc) is 2.33. The second-order valence-electron chi connectivity index (χ2n) is 5.23. The summed E-state index contributed by atoms with van der Waals surface area (Å²) >= 11 is 0. The van der Waals surface area contributed by atoms with E-state index in [-0.39, 0.29) is 5.54 Å². The smallest absolute Gasteiger partial charge is 0.232 e. The molecule has 0 radical (unpaired) electrons. The molecule has 1 N–H and O–H groups in total. The van der Waals surface area contributed by atoms with Gasteiger partial charge in [-0.05, 0) is 33.6 Å². The van der Waals surface area contributed by atoms with Crippen LogP contribution in [0.25, 0.3) is 0 Å². The summed E-state index contributed by atoms with van der Waals surface area (Å²) in [7, 11) is 0. The maximum Gasteiger partial charge on any atom is 0.232 e. The van der Waals surface area contributed by atoms with Crippen molar-refractivity contribution in [1.29, 1.82) is 0 Å². The molecule has 0 saturated carbocycles. The minimum absolute atomic E-state index is 0.0849. The van der Waals surface area contributed by atoms with Gasteiger partial charge in [0.1, 0.15) is 0 Å². The molecule has 0 amide bonds. The van der Waals surface area contributed by atoms with E-state index < -0.39 is 0 Å². The van der Waals surface area contributed by atoms with Crippen LogP contribution >= 0.6 is 0 Å². The standard InChI is InChI=1S/C14H23N3O/c1-5-6-7-8-18-13-11-15-12(9-16-13)10-17-14(2,3)4/h5,9,11,17H,1,6-8,10H2,2-4H3. The molecule has 0 aliphatic carbocycles. The van der Waals surface area contributed by atoms with Gasteiger partial charge in [0.2, 0.25) is 5.88 Å². The first kappa shape index (κ1) is 14.6.